The van der Waals surface area contributed by atoms with Crippen LogP contribution < -0.4 is 10.1 Å². The summed E-state index contributed by atoms with van der Waals surface area (Å²) >= 11 is 0. The zero-order chi connectivity index (χ0) is 25.4. The van der Waals surface area contributed by atoms with Gasteiger partial charge in [-0.3, -0.25) is 14.2 Å². The number of nitrogens with one attached hydrogen (secondary N) is 1. The number of aryl methyl sites for hydroxylation is 3. The summed E-state index contributed by atoms with van der Waals surface area (Å²) in [6.07, 6.45) is 4.99. The lowest BCUT2D eigenvalue weighted by molar-refractivity contribution is -0.129. The molecule has 5 rings (SSSR count). The van der Waals surface area contributed by atoms with Crippen molar-refractivity contribution in [2.45, 2.75) is 26.0 Å². The van der Waals surface area contributed by atoms with Crippen molar-refractivity contribution in [1.82, 2.24) is 34.4 Å². The first-order chi connectivity index (χ1) is 17.3. The lowest BCUT2D eigenvalue weighted by atomic mass is 9.91. The summed E-state index contributed by atoms with van der Waals surface area (Å²) in [5.74, 6) is 0.894. The molecule has 0 saturated carbocycles. The number of fused-ring (bicyclic) bond motifs is 3. The number of carbonyl (C=O) groups excluding carboxylic acids is 1. The van der Waals surface area contributed by atoms with Crippen molar-refractivity contribution in [2.75, 3.05) is 19.4 Å². The Bertz CT molecular complexity index is 1410. The monoisotopic (exact) mass is 494 g/mol. The molecule has 3 heterocycles. The summed E-state index contributed by atoms with van der Waals surface area (Å²) < 4.78 is 32.9. The van der Waals surface area contributed by atoms with Crippen LogP contribution in [0, 0.1) is 0 Å². The van der Waals surface area contributed by atoms with E-state index in [1.165, 1.54) is 17.0 Å². The Morgan fingerprint density at radius 2 is 1.94 bits per heavy atom. The minimum absolute atomic E-state index is 0.0693. The van der Waals surface area contributed by atoms with Crippen molar-refractivity contribution < 1.29 is 18.3 Å². The lowest BCUT2D eigenvalue weighted by Gasteiger charge is -2.17. The van der Waals surface area contributed by atoms with Gasteiger partial charge in [0.1, 0.15) is 12.3 Å². The zero-order valence-corrected chi connectivity index (χ0v) is 19.9. The molecule has 4 aromatic rings. The number of hydrogen-bond acceptors (Lipinski definition) is 7. The van der Waals surface area contributed by atoms with Crippen LogP contribution in [0.1, 0.15) is 11.3 Å². The molecule has 1 aliphatic rings. The van der Waals surface area contributed by atoms with E-state index in [9.17, 15) is 13.6 Å². The Balaban J connectivity index is 1.45. The third-order valence-electron chi connectivity index (χ3n) is 5.88. The van der Waals surface area contributed by atoms with Crippen molar-refractivity contribution in [1.29, 1.82) is 0 Å². The molecule has 0 saturated heterocycles. The van der Waals surface area contributed by atoms with Crippen LogP contribution in [0.5, 0.6) is 5.75 Å². The van der Waals surface area contributed by atoms with Gasteiger partial charge < -0.3 is 15.0 Å². The quantitative estimate of drug-likeness (QED) is 0.421. The van der Waals surface area contributed by atoms with Gasteiger partial charge in [0.2, 0.25) is 11.9 Å². The first-order valence-corrected chi connectivity index (χ1v) is 11.3. The van der Waals surface area contributed by atoms with E-state index in [4.69, 9.17) is 4.98 Å². The number of alkyl halides is 2. The van der Waals surface area contributed by atoms with Crippen molar-refractivity contribution in [3.63, 3.8) is 0 Å². The van der Waals surface area contributed by atoms with Gasteiger partial charge in [-0.05, 0) is 42.7 Å². The molecule has 1 aliphatic carbocycles. The van der Waals surface area contributed by atoms with Gasteiger partial charge in [0.25, 0.3) is 0 Å². The number of likely N-dealkylation sites (N-methyl/N-ethyl adjacent to an activating group) is 1. The lowest BCUT2D eigenvalue weighted by Crippen LogP contribution is -2.26. The number of anilines is 2. The van der Waals surface area contributed by atoms with E-state index >= 15 is 0 Å². The predicted molar refractivity (Wildman–Crippen MR) is 128 cm³/mol. The second-order valence-electron chi connectivity index (χ2n) is 8.58. The fourth-order valence-electron chi connectivity index (χ4n) is 4.16. The van der Waals surface area contributed by atoms with Crippen LogP contribution >= 0.6 is 0 Å². The molecule has 0 spiro atoms. The molecule has 0 aliphatic heterocycles. The number of amides is 1. The van der Waals surface area contributed by atoms with Crippen molar-refractivity contribution in [3.05, 3.63) is 54.0 Å². The number of benzene rings is 1. The minimum atomic E-state index is -2.88. The summed E-state index contributed by atoms with van der Waals surface area (Å²) in [4.78, 5) is 22.7. The zero-order valence-electron chi connectivity index (χ0n) is 19.9. The highest BCUT2D eigenvalue weighted by molar-refractivity contribution is 5.84. The molecular formula is C24H24F2N8O2. The molecule has 1 amide bonds. The van der Waals surface area contributed by atoms with Crippen LogP contribution in [0.3, 0.4) is 0 Å². The first kappa shape index (κ1) is 23.4. The number of rotatable bonds is 7. The highest BCUT2D eigenvalue weighted by Gasteiger charge is 2.27. The standard InChI is InChI=1S/C24H24F2N8O2/c1-32(2)19(35)13-34-11-10-18(31-34)28-24-27-12-15-6-9-17-20(21(15)29-24)22(33(3)30-17)14-4-7-16(8-5-14)36-23(25)26/h4-5,7-8,10-12,23H,6,9,13H2,1-3H3,(H,27,28,29,31). The smallest absolute Gasteiger partial charge is 0.387 e. The first-order valence-electron chi connectivity index (χ1n) is 11.3. The highest BCUT2D eigenvalue weighted by Crippen LogP contribution is 2.40. The van der Waals surface area contributed by atoms with Crippen LogP contribution in [0.2, 0.25) is 0 Å². The van der Waals surface area contributed by atoms with E-state index in [1.807, 2.05) is 7.05 Å². The Morgan fingerprint density at radius 3 is 2.67 bits per heavy atom. The molecule has 1 aromatic carbocycles. The van der Waals surface area contributed by atoms with Crippen molar-refractivity contribution >= 4 is 17.7 Å². The summed E-state index contributed by atoms with van der Waals surface area (Å²) in [5, 5.41) is 12.2. The van der Waals surface area contributed by atoms with E-state index < -0.39 is 6.61 Å². The Morgan fingerprint density at radius 1 is 1.17 bits per heavy atom. The van der Waals surface area contributed by atoms with E-state index in [0.717, 1.165) is 46.6 Å². The summed E-state index contributed by atoms with van der Waals surface area (Å²) in [7, 11) is 5.23. The van der Waals surface area contributed by atoms with Gasteiger partial charge in [-0.1, -0.05) is 0 Å². The summed E-state index contributed by atoms with van der Waals surface area (Å²) in [6.45, 7) is -2.75. The maximum atomic E-state index is 12.6. The fourth-order valence-corrected chi connectivity index (χ4v) is 4.16. The third-order valence-corrected chi connectivity index (χ3v) is 5.88. The van der Waals surface area contributed by atoms with E-state index in [0.29, 0.717) is 11.8 Å². The van der Waals surface area contributed by atoms with Gasteiger partial charge in [-0.2, -0.15) is 19.0 Å². The number of ether oxygens (including phenoxy) is 1. The molecule has 1 N–H and O–H groups in total. The molecule has 0 fully saturated rings. The van der Waals surface area contributed by atoms with Gasteiger partial charge in [-0.25, -0.2) is 9.97 Å². The number of halogens is 2. The average molecular weight is 495 g/mol. The topological polar surface area (TPSA) is 103 Å². The van der Waals surface area contributed by atoms with Crippen LogP contribution in [0.25, 0.3) is 22.5 Å². The molecule has 10 nitrogen and oxygen atoms in total. The molecule has 186 valence electrons. The van der Waals surface area contributed by atoms with Crippen LogP contribution in [0.4, 0.5) is 20.5 Å². The minimum Gasteiger partial charge on any atom is -0.435 e. The second kappa shape index (κ2) is 9.36. The van der Waals surface area contributed by atoms with E-state index in [1.54, 1.807) is 54.1 Å². The number of nitrogens with zero attached hydrogens (tertiary/aromatic N) is 7. The molecule has 0 bridgehead atoms. The fraction of sp³-hybridized carbons (Fsp3) is 0.292. The van der Waals surface area contributed by atoms with Gasteiger partial charge >= 0.3 is 6.61 Å². The van der Waals surface area contributed by atoms with Gasteiger partial charge in [0, 0.05) is 50.7 Å². The largest absolute Gasteiger partial charge is 0.435 e. The van der Waals surface area contributed by atoms with Crippen molar-refractivity contribution in [2.24, 2.45) is 7.05 Å². The Hall–Kier alpha value is -4.35. The number of hydrogen-bond donors (Lipinski definition) is 1. The molecular weight excluding hydrogens is 470 g/mol. The van der Waals surface area contributed by atoms with Crippen LogP contribution in [0.15, 0.2) is 42.7 Å². The Kier molecular flexibility index (Phi) is 6.08. The normalized spacial score (nSPS) is 12.3. The second-order valence-corrected chi connectivity index (χ2v) is 8.58. The average Bonchev–Trinajstić information content (AvgIpc) is 3.42. The number of aromatic nitrogens is 6. The van der Waals surface area contributed by atoms with Gasteiger partial charge in [0.15, 0.2) is 5.82 Å². The molecule has 0 atom stereocenters. The van der Waals surface area contributed by atoms with Gasteiger partial charge in [-0.15, -0.1) is 0 Å². The van der Waals surface area contributed by atoms with Crippen LogP contribution in [-0.2, 0) is 31.2 Å². The van der Waals surface area contributed by atoms with Crippen molar-refractivity contribution in [3.8, 4) is 28.3 Å². The van der Waals surface area contributed by atoms with E-state index in [-0.39, 0.29) is 18.2 Å². The summed E-state index contributed by atoms with van der Waals surface area (Å²) in [6, 6.07) is 8.22. The molecule has 0 unspecified atom stereocenters. The number of carbonyl (C=O) groups is 1. The third kappa shape index (κ3) is 4.61. The molecule has 3 aromatic heterocycles. The highest BCUT2D eigenvalue weighted by atomic mass is 19.3. The molecule has 36 heavy (non-hydrogen) atoms. The van der Waals surface area contributed by atoms with Gasteiger partial charge in [0.05, 0.1) is 17.1 Å². The Labute approximate surface area is 205 Å². The SMILES string of the molecule is CN(C)C(=O)Cn1ccc(Nc2ncc3c(n2)-c2c(nn(C)c2-c2ccc(OC(F)F)cc2)CC3)n1. The molecule has 0 radical (unpaired) electrons. The summed E-state index contributed by atoms with van der Waals surface area (Å²) in [5.41, 5.74) is 5.16. The van der Waals surface area contributed by atoms with Crippen LogP contribution in [-0.4, -0.2) is 61.0 Å². The predicted octanol–water partition coefficient (Wildman–Crippen LogP) is 3.27. The maximum Gasteiger partial charge on any atom is 0.387 e. The molecule has 12 heteroatoms. The van der Waals surface area contributed by atoms with E-state index in [2.05, 4.69) is 25.2 Å². The maximum absolute atomic E-state index is 12.6.